The molecule has 0 saturated carbocycles. The molecule has 1 unspecified atom stereocenters. The predicted molar refractivity (Wildman–Crippen MR) is 135 cm³/mol. The van der Waals surface area contributed by atoms with Crippen LogP contribution in [0.4, 0.5) is 9.93 Å². The van der Waals surface area contributed by atoms with Crippen LogP contribution in [-0.2, 0) is 4.74 Å². The first kappa shape index (κ1) is 27.5. The quantitative estimate of drug-likeness (QED) is 0.174. The first-order chi connectivity index (χ1) is 16.5. The van der Waals surface area contributed by atoms with E-state index in [2.05, 4.69) is 39.4 Å². The largest absolute Gasteiger partial charge is 0.478 e. The van der Waals surface area contributed by atoms with Crippen molar-refractivity contribution < 1.29 is 19.4 Å². The fourth-order valence-electron chi connectivity index (χ4n) is 3.35. The molecule has 2 rings (SSSR count). The van der Waals surface area contributed by atoms with E-state index in [-0.39, 0.29) is 11.6 Å². The van der Waals surface area contributed by atoms with Crippen LogP contribution in [0.15, 0.2) is 24.3 Å². The van der Waals surface area contributed by atoms with Crippen molar-refractivity contribution in [3.8, 4) is 11.4 Å². The van der Waals surface area contributed by atoms with E-state index in [4.69, 9.17) is 9.84 Å². The van der Waals surface area contributed by atoms with Gasteiger partial charge in [0.25, 0.3) is 0 Å². The molecular weight excluding hydrogens is 454 g/mol. The SMILES string of the molecule is CCCCCCCCC(C)COCCCNC(=O)NNc1nc(-c2cccc(C(=O)O)c2)ns1. The molecular formula is C24H37N5O4S. The van der Waals surface area contributed by atoms with Crippen LogP contribution in [-0.4, -0.2) is 46.2 Å². The molecule has 34 heavy (non-hydrogen) atoms. The summed E-state index contributed by atoms with van der Waals surface area (Å²) in [6.45, 7) is 6.34. The summed E-state index contributed by atoms with van der Waals surface area (Å²) in [5, 5.41) is 12.3. The van der Waals surface area contributed by atoms with Crippen molar-refractivity contribution in [3.63, 3.8) is 0 Å². The molecule has 1 atom stereocenters. The lowest BCUT2D eigenvalue weighted by Crippen LogP contribution is -2.39. The van der Waals surface area contributed by atoms with E-state index in [0.29, 0.717) is 35.6 Å². The molecule has 9 nitrogen and oxygen atoms in total. The summed E-state index contributed by atoms with van der Waals surface area (Å²) in [7, 11) is 0. The number of hydrogen-bond acceptors (Lipinski definition) is 7. The zero-order valence-corrected chi connectivity index (χ0v) is 21.0. The van der Waals surface area contributed by atoms with E-state index < -0.39 is 5.97 Å². The molecule has 4 N–H and O–H groups in total. The lowest BCUT2D eigenvalue weighted by atomic mass is 10.0. The number of anilines is 1. The van der Waals surface area contributed by atoms with Crippen LogP contribution in [0, 0.1) is 5.92 Å². The highest BCUT2D eigenvalue weighted by Crippen LogP contribution is 2.21. The van der Waals surface area contributed by atoms with Gasteiger partial charge in [0.1, 0.15) is 0 Å². The molecule has 188 valence electrons. The number of carbonyl (C=O) groups is 2. The molecule has 0 fully saturated rings. The van der Waals surface area contributed by atoms with E-state index in [1.54, 1.807) is 12.1 Å². The van der Waals surface area contributed by atoms with Crippen LogP contribution in [0.1, 0.15) is 75.6 Å². The summed E-state index contributed by atoms with van der Waals surface area (Å²) in [5.74, 6) is -0.0578. The monoisotopic (exact) mass is 491 g/mol. The number of carboxylic acid groups (broad SMARTS) is 1. The minimum absolute atomic E-state index is 0.163. The van der Waals surface area contributed by atoms with Crippen molar-refractivity contribution in [2.45, 2.75) is 65.2 Å². The number of amides is 2. The Morgan fingerprint density at radius 1 is 1.15 bits per heavy atom. The number of hydrogen-bond donors (Lipinski definition) is 4. The van der Waals surface area contributed by atoms with Crippen LogP contribution < -0.4 is 16.2 Å². The Morgan fingerprint density at radius 3 is 2.74 bits per heavy atom. The predicted octanol–water partition coefficient (Wildman–Crippen LogP) is 5.32. The van der Waals surface area contributed by atoms with Gasteiger partial charge < -0.3 is 15.2 Å². The molecule has 0 radical (unpaired) electrons. The van der Waals surface area contributed by atoms with Gasteiger partial charge in [-0.3, -0.25) is 5.43 Å². The lowest BCUT2D eigenvalue weighted by Gasteiger charge is -2.12. The summed E-state index contributed by atoms with van der Waals surface area (Å²) >= 11 is 1.07. The highest BCUT2D eigenvalue weighted by Gasteiger charge is 2.10. The van der Waals surface area contributed by atoms with Crippen molar-refractivity contribution in [1.82, 2.24) is 20.1 Å². The van der Waals surface area contributed by atoms with Gasteiger partial charge in [-0.05, 0) is 30.9 Å². The van der Waals surface area contributed by atoms with Gasteiger partial charge in [0, 0.05) is 36.9 Å². The summed E-state index contributed by atoms with van der Waals surface area (Å²) in [5.41, 5.74) is 5.98. The number of benzene rings is 1. The third-order valence-corrected chi connectivity index (χ3v) is 5.91. The van der Waals surface area contributed by atoms with Gasteiger partial charge in [-0.15, -0.1) is 0 Å². The maximum Gasteiger partial charge on any atom is 0.335 e. The van der Waals surface area contributed by atoms with E-state index >= 15 is 0 Å². The second kappa shape index (κ2) is 16.0. The maximum atomic E-state index is 11.9. The van der Waals surface area contributed by atoms with Crippen LogP contribution in [0.3, 0.4) is 0 Å². The summed E-state index contributed by atoms with van der Waals surface area (Å²) in [6.07, 6.45) is 9.84. The second-order valence-corrected chi connectivity index (χ2v) is 9.16. The summed E-state index contributed by atoms with van der Waals surface area (Å²) in [6, 6.07) is 6.01. The molecule has 0 aliphatic heterocycles. The second-order valence-electron chi connectivity index (χ2n) is 8.41. The van der Waals surface area contributed by atoms with Crippen LogP contribution in [0.25, 0.3) is 11.4 Å². The number of unbranched alkanes of at least 4 members (excludes halogenated alkanes) is 5. The van der Waals surface area contributed by atoms with Gasteiger partial charge in [-0.1, -0.05) is 64.5 Å². The van der Waals surface area contributed by atoms with Gasteiger partial charge >= 0.3 is 12.0 Å². The summed E-state index contributed by atoms with van der Waals surface area (Å²) < 4.78 is 9.93. The van der Waals surface area contributed by atoms with Gasteiger partial charge in [-0.25, -0.2) is 15.0 Å². The standard InChI is InChI=1S/C24H37N5O4S/c1-3-4-5-6-7-8-11-18(2)17-33-15-10-14-25-23(32)27-28-24-26-21(29-34-24)19-12-9-13-20(16-19)22(30)31/h9,12-13,16,18H,3-8,10-11,14-15,17H2,1-2H3,(H,30,31)(H2,25,27,32)(H,26,28,29). The highest BCUT2D eigenvalue weighted by atomic mass is 32.1. The van der Waals surface area contributed by atoms with Gasteiger partial charge in [-0.2, -0.15) is 9.36 Å². The number of urea groups is 1. The minimum Gasteiger partial charge on any atom is -0.478 e. The number of carbonyl (C=O) groups excluding carboxylic acids is 1. The first-order valence-corrected chi connectivity index (χ1v) is 12.8. The fraction of sp³-hybridized carbons (Fsp3) is 0.583. The number of carboxylic acids is 1. The minimum atomic E-state index is -1.01. The van der Waals surface area contributed by atoms with Crippen molar-refractivity contribution in [1.29, 1.82) is 0 Å². The zero-order chi connectivity index (χ0) is 24.6. The van der Waals surface area contributed by atoms with Crippen molar-refractivity contribution >= 4 is 28.7 Å². The third kappa shape index (κ3) is 10.9. The van der Waals surface area contributed by atoms with Gasteiger partial charge in [0.15, 0.2) is 5.82 Å². The molecule has 0 spiro atoms. The maximum absolute atomic E-state index is 11.9. The molecule has 2 aromatic rings. The number of nitrogens with one attached hydrogen (secondary N) is 3. The van der Waals surface area contributed by atoms with Gasteiger partial charge in [0.2, 0.25) is 5.13 Å². The summed E-state index contributed by atoms with van der Waals surface area (Å²) in [4.78, 5) is 27.3. The number of ether oxygens (including phenoxy) is 1. The molecule has 0 bridgehead atoms. The molecule has 0 aliphatic carbocycles. The Labute approximate surface area is 205 Å². The number of aromatic nitrogens is 2. The Hall–Kier alpha value is -2.72. The van der Waals surface area contributed by atoms with Crippen molar-refractivity contribution in [3.05, 3.63) is 29.8 Å². The van der Waals surface area contributed by atoms with Crippen molar-refractivity contribution in [2.75, 3.05) is 25.2 Å². The average Bonchev–Trinajstić information content (AvgIpc) is 3.31. The van der Waals surface area contributed by atoms with E-state index in [0.717, 1.165) is 24.6 Å². The van der Waals surface area contributed by atoms with Crippen LogP contribution in [0.5, 0.6) is 0 Å². The van der Waals surface area contributed by atoms with Gasteiger partial charge in [0.05, 0.1) is 5.56 Å². The molecule has 0 saturated heterocycles. The topological polar surface area (TPSA) is 125 Å². The number of rotatable bonds is 17. The molecule has 1 aromatic heterocycles. The number of aromatic carboxylic acids is 1. The molecule has 2 amide bonds. The third-order valence-electron chi connectivity index (χ3n) is 5.28. The molecule has 10 heteroatoms. The Morgan fingerprint density at radius 2 is 1.94 bits per heavy atom. The normalized spacial score (nSPS) is 11.7. The average molecular weight is 492 g/mol. The zero-order valence-electron chi connectivity index (χ0n) is 20.1. The van der Waals surface area contributed by atoms with E-state index in [1.807, 2.05) is 0 Å². The van der Waals surface area contributed by atoms with E-state index in [9.17, 15) is 9.59 Å². The molecule has 0 aliphatic rings. The number of nitrogens with zero attached hydrogens (tertiary/aromatic N) is 2. The van der Waals surface area contributed by atoms with E-state index in [1.165, 1.54) is 57.1 Å². The smallest absolute Gasteiger partial charge is 0.335 e. The number of hydrazine groups is 1. The highest BCUT2D eigenvalue weighted by molar-refractivity contribution is 7.09. The first-order valence-electron chi connectivity index (χ1n) is 12.0. The molecule has 1 heterocycles. The molecule has 1 aromatic carbocycles. The Bertz CT molecular complexity index is 877. The Balaban J connectivity index is 1.53. The fourth-order valence-corrected chi connectivity index (χ4v) is 3.90. The lowest BCUT2D eigenvalue weighted by molar-refractivity contribution is 0.0697. The van der Waals surface area contributed by atoms with Crippen LogP contribution >= 0.6 is 11.5 Å². The Kier molecular flexibility index (Phi) is 13.0. The van der Waals surface area contributed by atoms with Crippen molar-refractivity contribution in [2.24, 2.45) is 5.92 Å². The van der Waals surface area contributed by atoms with Crippen LogP contribution in [0.2, 0.25) is 0 Å².